The van der Waals surface area contributed by atoms with Crippen molar-refractivity contribution in [3.8, 4) is 22.5 Å². The van der Waals surface area contributed by atoms with Crippen LogP contribution < -0.4 is 25.4 Å². The number of nitrogens with one attached hydrogen (secondary N) is 4. The molecule has 0 saturated carbocycles. The van der Waals surface area contributed by atoms with Crippen molar-refractivity contribution in [1.29, 1.82) is 0 Å². The molecule has 0 saturated heterocycles. The number of aryl methyl sites for hydroxylation is 2. The molecule has 2 heterocycles. The number of Topliss-reactive ketones (excluding diaryl/α,β-unsaturated/α-hetero) is 2. The highest BCUT2D eigenvalue weighted by atomic mass is 32.2. The number of anilines is 1. The first-order valence-corrected chi connectivity index (χ1v) is 28.1. The molecule has 5 rings (SSSR count). The Bertz CT molecular complexity index is 3340. The summed E-state index contributed by atoms with van der Waals surface area (Å²) in [6.07, 6.45) is -2.64. The highest BCUT2D eigenvalue weighted by Gasteiger charge is 2.40. The summed E-state index contributed by atoms with van der Waals surface area (Å²) in [5, 5.41) is 14.8. The molecule has 2 bridgehead atoms. The summed E-state index contributed by atoms with van der Waals surface area (Å²) in [7, 11) is -26.2. The maximum Gasteiger partial charge on any atom is 0.336 e. The van der Waals surface area contributed by atoms with Crippen LogP contribution in [0.1, 0.15) is 54.6 Å². The number of carbonyl (C=O) groups is 4. The van der Waals surface area contributed by atoms with Gasteiger partial charge in [0.25, 0.3) is 30.4 Å². The van der Waals surface area contributed by atoms with Gasteiger partial charge in [0.05, 0.1) is 40.1 Å². The van der Waals surface area contributed by atoms with E-state index in [2.05, 4.69) is 15.0 Å². The molecule has 3 atom stereocenters. The van der Waals surface area contributed by atoms with E-state index in [4.69, 9.17) is 4.42 Å². The van der Waals surface area contributed by atoms with Crippen LogP contribution in [0.3, 0.4) is 0 Å². The van der Waals surface area contributed by atoms with Gasteiger partial charge in [-0.15, -0.1) is 0 Å². The summed E-state index contributed by atoms with van der Waals surface area (Å²) in [6, 6.07) is 3.44. The van der Waals surface area contributed by atoms with Crippen LogP contribution >= 0.6 is 0 Å². The van der Waals surface area contributed by atoms with Gasteiger partial charge < -0.3 is 20.2 Å². The third-order valence-corrected chi connectivity index (χ3v) is 15.8. The number of hydrogen-bond acceptors (Lipinski definition) is 17. The number of nitrogens with zero attached hydrogens (tertiary/aromatic N) is 1. The number of rotatable bonds is 11. The zero-order valence-corrected chi connectivity index (χ0v) is 40.5. The third-order valence-electron chi connectivity index (χ3n) is 10.5. The first-order chi connectivity index (χ1) is 31.4. The number of carboxylic acid groups (broad SMARTS) is 1. The van der Waals surface area contributed by atoms with Crippen LogP contribution in [0.25, 0.3) is 33.4 Å². The van der Waals surface area contributed by atoms with Crippen molar-refractivity contribution in [2.45, 2.75) is 68.8 Å². The SMILES string of the molecule is CCN=c1c(C)cc2c(-c3ccccc3C(=O)O)c3cc(C)c(NCC)c4c3oc-2c1S(=O)(=O)NCCCC(=O)C(CS(=O)(=O)O)NC(=O)C(CS(=O)(=O)O)CC(=O)C(CS(=O)(=O)O)NS4(=O)=O. The van der Waals surface area contributed by atoms with Crippen molar-refractivity contribution in [1.82, 2.24) is 14.8 Å². The molecule has 0 radical (unpaired) electrons. The number of aromatic carboxylic acids is 1. The summed E-state index contributed by atoms with van der Waals surface area (Å²) >= 11 is 0. The van der Waals surface area contributed by atoms with Crippen LogP contribution in [-0.4, -0.2) is 133 Å². The zero-order valence-electron chi connectivity index (χ0n) is 36.5. The quantitative estimate of drug-likeness (QED) is 0.0763. The predicted octanol–water partition coefficient (Wildman–Crippen LogP) is 0.884. The number of ketones is 2. The van der Waals surface area contributed by atoms with Gasteiger partial charge in [0.1, 0.15) is 16.7 Å². The number of sulfonamides is 2. The molecule has 0 spiro atoms. The van der Waals surface area contributed by atoms with Crippen LogP contribution in [0, 0.1) is 19.8 Å². The second kappa shape index (κ2) is 20.4. The highest BCUT2D eigenvalue weighted by Crippen LogP contribution is 2.47. The highest BCUT2D eigenvalue weighted by molar-refractivity contribution is 7.90. The van der Waals surface area contributed by atoms with Crippen molar-refractivity contribution < 1.29 is 84.4 Å². The average Bonchev–Trinajstić information content (AvgIpc) is 3.19. The van der Waals surface area contributed by atoms with Gasteiger partial charge in [-0.25, -0.2) is 26.4 Å². The Labute approximate surface area is 390 Å². The summed E-state index contributed by atoms with van der Waals surface area (Å²) in [4.78, 5) is 56.8. The number of amides is 1. The summed E-state index contributed by atoms with van der Waals surface area (Å²) < 4.78 is 173. The molecule has 1 amide bonds. The molecule has 3 unspecified atom stereocenters. The minimum absolute atomic E-state index is 0.0275. The molecule has 0 aromatic heterocycles. The maximum absolute atomic E-state index is 15.1. The minimum atomic E-state index is -5.51. The van der Waals surface area contributed by atoms with E-state index >= 15 is 8.42 Å². The predicted molar refractivity (Wildman–Crippen MR) is 243 cm³/mol. The number of benzene rings is 3. The van der Waals surface area contributed by atoms with Crippen molar-refractivity contribution >= 4 is 90.5 Å². The smallest absolute Gasteiger partial charge is 0.336 e. The van der Waals surface area contributed by atoms with Crippen LogP contribution in [0.15, 0.2) is 55.6 Å². The van der Waals surface area contributed by atoms with E-state index in [0.717, 1.165) is 0 Å². The molecule has 68 heavy (non-hydrogen) atoms. The van der Waals surface area contributed by atoms with Gasteiger partial charge in [0.2, 0.25) is 26.0 Å². The van der Waals surface area contributed by atoms with Crippen molar-refractivity contribution in [2.24, 2.45) is 10.9 Å². The lowest BCUT2D eigenvalue weighted by atomic mass is 9.89. The fourth-order valence-corrected chi connectivity index (χ4v) is 13.0. The van der Waals surface area contributed by atoms with Crippen LogP contribution in [-0.2, 0) is 64.8 Å². The van der Waals surface area contributed by atoms with E-state index < -0.39 is 156 Å². The Kier molecular flexibility index (Phi) is 16.1. The Morgan fingerprint density at radius 1 is 0.824 bits per heavy atom. The van der Waals surface area contributed by atoms with Crippen LogP contribution in [0.2, 0.25) is 0 Å². The molecule has 1 aliphatic carbocycles. The van der Waals surface area contributed by atoms with E-state index in [9.17, 15) is 71.6 Å². The van der Waals surface area contributed by atoms with Gasteiger partial charge in [0.15, 0.2) is 27.8 Å². The van der Waals surface area contributed by atoms with Gasteiger partial charge >= 0.3 is 5.97 Å². The monoisotopic (exact) mass is 1050 g/mol. The lowest BCUT2D eigenvalue weighted by Crippen LogP contribution is -2.50. The lowest BCUT2D eigenvalue weighted by molar-refractivity contribution is -0.131. The Balaban J connectivity index is 2.00. The number of carbonyl (C=O) groups excluding carboxylic acids is 3. The molecule has 2 aromatic carbocycles. The zero-order chi connectivity index (χ0) is 50.9. The van der Waals surface area contributed by atoms with Gasteiger partial charge in [-0.3, -0.25) is 33.0 Å². The largest absolute Gasteiger partial charge is 0.478 e. The minimum Gasteiger partial charge on any atom is -0.478 e. The molecule has 29 heteroatoms. The lowest BCUT2D eigenvalue weighted by Gasteiger charge is -2.25. The van der Waals surface area contributed by atoms with Crippen molar-refractivity contribution in [2.75, 3.05) is 42.2 Å². The molecule has 2 aliphatic heterocycles. The topological polar surface area (TPSA) is 394 Å². The van der Waals surface area contributed by atoms with Crippen LogP contribution in [0.4, 0.5) is 5.69 Å². The molecule has 24 nitrogen and oxygen atoms in total. The van der Waals surface area contributed by atoms with Gasteiger partial charge in [-0.1, -0.05) is 18.2 Å². The molecule has 8 N–H and O–H groups in total. The molecule has 3 aliphatic rings. The first kappa shape index (κ1) is 53.7. The Morgan fingerprint density at radius 2 is 1.44 bits per heavy atom. The molecular weight excluding hydrogens is 1000 g/mol. The molecule has 372 valence electrons. The van der Waals surface area contributed by atoms with E-state index in [1.807, 2.05) is 10.0 Å². The fraction of sp³-hybridized carbons (Fsp3) is 0.410. The second-order valence-electron chi connectivity index (χ2n) is 15.7. The molecular formula is C39H47N5O19S5. The van der Waals surface area contributed by atoms with Crippen molar-refractivity contribution in [3.05, 3.63) is 58.4 Å². The summed E-state index contributed by atoms with van der Waals surface area (Å²) in [5.41, 5.74) is -1.27. The summed E-state index contributed by atoms with van der Waals surface area (Å²) in [6.45, 7) is 5.36. The van der Waals surface area contributed by atoms with Gasteiger partial charge in [-0.2, -0.15) is 30.0 Å². The van der Waals surface area contributed by atoms with Crippen LogP contribution in [0.5, 0.6) is 0 Å². The number of carboxylic acids is 1. The summed E-state index contributed by atoms with van der Waals surface area (Å²) in [5.74, 6) is -13.8. The normalized spacial score (nSPS) is 20.4. The number of hydrogen-bond donors (Lipinski definition) is 8. The fourth-order valence-electron chi connectivity index (χ4n) is 7.73. The second-order valence-corrected chi connectivity index (χ2v) is 23.5. The Hall–Kier alpha value is -5.24. The van der Waals surface area contributed by atoms with E-state index in [0.29, 0.717) is 0 Å². The van der Waals surface area contributed by atoms with E-state index in [1.54, 1.807) is 13.8 Å². The first-order valence-electron chi connectivity index (χ1n) is 20.3. The van der Waals surface area contributed by atoms with Crippen molar-refractivity contribution in [3.63, 3.8) is 0 Å². The molecule has 0 fully saturated rings. The average molecular weight is 1050 g/mol. The van der Waals surface area contributed by atoms with Gasteiger partial charge in [0, 0.05) is 49.0 Å². The maximum atomic E-state index is 15.1. The van der Waals surface area contributed by atoms with Gasteiger partial charge in [-0.05, 0) is 69.0 Å². The standard InChI is InChI=1S/C39H47N5O19S5/c1-5-40-32-20(3)14-25-31(23-10-7-8-11-24(23)39(48)49)26-15-21(4)33(41-6-2)37-35(26)63-34(25)36(32)67(59,60)42-13-9-12-29(45)27(18-65(53,54)55)43-38(47)22(17-64(50,51)52)16-30(46)28(19-66(56,57)58)44-68(37,61)62/h7-8,10-11,14-15,22,27-28,41-42,44H,5-6,9,12-13,16-19H2,1-4H3,(H,43,47)(H,48,49)(H,50,51,52)(H,53,54,55)(H,56,57,58). The third kappa shape index (κ3) is 12.5. The van der Waals surface area contributed by atoms with E-state index in [-0.39, 0.29) is 62.9 Å². The molecule has 2 aromatic rings. The van der Waals surface area contributed by atoms with E-state index in [1.165, 1.54) is 50.2 Å². The Morgan fingerprint density at radius 3 is 2.03 bits per heavy atom.